The van der Waals surface area contributed by atoms with Crippen LogP contribution in [0.1, 0.15) is 51.5 Å². The lowest BCUT2D eigenvalue weighted by Crippen LogP contribution is -2.26. The van der Waals surface area contributed by atoms with Gasteiger partial charge in [-0.3, -0.25) is 0 Å². The zero-order valence-corrected chi connectivity index (χ0v) is 10.6. The fourth-order valence-electron chi connectivity index (χ4n) is 2.06. The van der Waals surface area contributed by atoms with E-state index in [2.05, 4.69) is 19.1 Å². The van der Waals surface area contributed by atoms with Crippen LogP contribution < -0.4 is 0 Å². The third kappa shape index (κ3) is 5.32. The Bertz CT molecular complexity index is 277. The average Bonchev–Trinajstić information content (AvgIpc) is 2.25. The fourth-order valence-corrected chi connectivity index (χ4v) is 2.06. The minimum absolute atomic E-state index is 0.547. The molecule has 1 unspecified atom stereocenters. The van der Waals surface area contributed by atoms with E-state index in [1.165, 1.54) is 24.8 Å². The number of hydrogen-bond donors (Lipinski definition) is 1. The summed E-state index contributed by atoms with van der Waals surface area (Å²) in [6.45, 7) is 4.16. The molecule has 0 heterocycles. The van der Waals surface area contributed by atoms with Crippen LogP contribution in [0.15, 0.2) is 30.3 Å². The summed E-state index contributed by atoms with van der Waals surface area (Å²) >= 11 is 0. The molecule has 0 saturated heterocycles. The van der Waals surface area contributed by atoms with E-state index in [1.807, 2.05) is 25.1 Å². The van der Waals surface area contributed by atoms with E-state index in [9.17, 15) is 5.11 Å². The summed E-state index contributed by atoms with van der Waals surface area (Å²) in [7, 11) is 0. The first-order valence-corrected chi connectivity index (χ1v) is 6.40. The Labute approximate surface area is 99.5 Å². The number of rotatable bonds is 7. The van der Waals surface area contributed by atoms with Gasteiger partial charge in [0.15, 0.2) is 0 Å². The highest BCUT2D eigenvalue weighted by atomic mass is 16.3. The second-order valence-corrected chi connectivity index (χ2v) is 4.97. The van der Waals surface area contributed by atoms with E-state index >= 15 is 0 Å². The predicted octanol–water partition coefficient (Wildman–Crippen LogP) is 3.95. The molecule has 0 amide bonds. The first kappa shape index (κ1) is 13.2. The van der Waals surface area contributed by atoms with Gasteiger partial charge < -0.3 is 5.11 Å². The normalized spacial score (nSPS) is 14.7. The smallest absolute Gasteiger partial charge is 0.0660 e. The van der Waals surface area contributed by atoms with Crippen molar-refractivity contribution < 1.29 is 5.11 Å². The number of aliphatic hydroxyl groups is 1. The van der Waals surface area contributed by atoms with Gasteiger partial charge in [0.05, 0.1) is 5.60 Å². The van der Waals surface area contributed by atoms with E-state index in [4.69, 9.17) is 0 Å². The third-order valence-corrected chi connectivity index (χ3v) is 3.00. The van der Waals surface area contributed by atoms with Crippen LogP contribution in [0.3, 0.4) is 0 Å². The number of unbranched alkanes of at least 4 members (excludes halogenated alkanes) is 3. The minimum Gasteiger partial charge on any atom is -0.390 e. The van der Waals surface area contributed by atoms with Crippen LogP contribution in [0.25, 0.3) is 0 Å². The summed E-state index contributed by atoms with van der Waals surface area (Å²) in [5, 5.41) is 10.3. The molecule has 0 saturated carbocycles. The van der Waals surface area contributed by atoms with Gasteiger partial charge in [-0.2, -0.15) is 0 Å². The highest BCUT2D eigenvalue weighted by Crippen LogP contribution is 2.20. The summed E-state index contributed by atoms with van der Waals surface area (Å²) in [5.41, 5.74) is 0.678. The summed E-state index contributed by atoms with van der Waals surface area (Å²) in [6.07, 6.45) is 6.57. The molecule has 0 bridgehead atoms. The van der Waals surface area contributed by atoms with E-state index in [0.717, 1.165) is 19.3 Å². The van der Waals surface area contributed by atoms with Crippen molar-refractivity contribution in [1.29, 1.82) is 0 Å². The molecule has 0 aliphatic rings. The van der Waals surface area contributed by atoms with E-state index in [1.54, 1.807) is 0 Å². The van der Waals surface area contributed by atoms with Gasteiger partial charge in [0.2, 0.25) is 0 Å². The molecule has 1 atom stereocenters. The maximum absolute atomic E-state index is 10.3. The minimum atomic E-state index is -0.547. The van der Waals surface area contributed by atoms with Crippen molar-refractivity contribution in [1.82, 2.24) is 0 Å². The Morgan fingerprint density at radius 1 is 1.06 bits per heavy atom. The van der Waals surface area contributed by atoms with Gasteiger partial charge in [-0.15, -0.1) is 0 Å². The van der Waals surface area contributed by atoms with Gasteiger partial charge in [0.1, 0.15) is 0 Å². The Morgan fingerprint density at radius 2 is 1.75 bits per heavy atom. The average molecular weight is 220 g/mol. The second kappa shape index (κ2) is 6.70. The van der Waals surface area contributed by atoms with Gasteiger partial charge in [-0.25, -0.2) is 0 Å². The first-order chi connectivity index (χ1) is 7.64. The molecule has 0 aromatic heterocycles. The highest BCUT2D eigenvalue weighted by Gasteiger charge is 2.19. The van der Waals surface area contributed by atoms with Crippen molar-refractivity contribution in [3.63, 3.8) is 0 Å². The Morgan fingerprint density at radius 3 is 2.38 bits per heavy atom. The molecule has 90 valence electrons. The summed E-state index contributed by atoms with van der Waals surface area (Å²) in [4.78, 5) is 0. The molecule has 1 aromatic carbocycles. The Balaban J connectivity index is 2.33. The zero-order valence-electron chi connectivity index (χ0n) is 10.6. The Kier molecular flexibility index (Phi) is 5.54. The SMILES string of the molecule is CCCCCCC(C)(O)Cc1ccccc1. The second-order valence-electron chi connectivity index (χ2n) is 4.97. The van der Waals surface area contributed by atoms with Crippen LogP contribution in [0.2, 0.25) is 0 Å². The quantitative estimate of drug-likeness (QED) is 0.690. The molecule has 1 nitrogen and oxygen atoms in total. The van der Waals surface area contributed by atoms with E-state index in [0.29, 0.717) is 0 Å². The van der Waals surface area contributed by atoms with Crippen LogP contribution in [0, 0.1) is 0 Å². The van der Waals surface area contributed by atoms with Crippen molar-refractivity contribution in [3.05, 3.63) is 35.9 Å². The molecule has 0 aliphatic heterocycles. The lowest BCUT2D eigenvalue weighted by Gasteiger charge is -2.23. The van der Waals surface area contributed by atoms with E-state index < -0.39 is 5.60 Å². The molecular formula is C15H24O. The van der Waals surface area contributed by atoms with Crippen molar-refractivity contribution in [2.45, 2.75) is 58.0 Å². The van der Waals surface area contributed by atoms with Crippen LogP contribution in [0.4, 0.5) is 0 Å². The molecule has 0 fully saturated rings. The number of hydrogen-bond acceptors (Lipinski definition) is 1. The van der Waals surface area contributed by atoms with Crippen molar-refractivity contribution in [3.8, 4) is 0 Å². The molecular weight excluding hydrogens is 196 g/mol. The van der Waals surface area contributed by atoms with Crippen molar-refractivity contribution >= 4 is 0 Å². The van der Waals surface area contributed by atoms with Crippen LogP contribution in [-0.2, 0) is 6.42 Å². The first-order valence-electron chi connectivity index (χ1n) is 6.40. The Hall–Kier alpha value is -0.820. The van der Waals surface area contributed by atoms with Crippen molar-refractivity contribution in [2.24, 2.45) is 0 Å². The molecule has 1 heteroatoms. The monoisotopic (exact) mass is 220 g/mol. The van der Waals surface area contributed by atoms with Gasteiger partial charge in [-0.05, 0) is 18.9 Å². The maximum Gasteiger partial charge on any atom is 0.0660 e. The van der Waals surface area contributed by atoms with Crippen molar-refractivity contribution in [2.75, 3.05) is 0 Å². The molecule has 16 heavy (non-hydrogen) atoms. The van der Waals surface area contributed by atoms with Gasteiger partial charge in [0, 0.05) is 6.42 Å². The molecule has 1 N–H and O–H groups in total. The zero-order chi connectivity index (χ0) is 11.9. The topological polar surface area (TPSA) is 20.2 Å². The van der Waals surface area contributed by atoms with Gasteiger partial charge in [0.25, 0.3) is 0 Å². The lowest BCUT2D eigenvalue weighted by atomic mass is 9.91. The summed E-state index contributed by atoms with van der Waals surface area (Å²) < 4.78 is 0. The van der Waals surface area contributed by atoms with Crippen LogP contribution >= 0.6 is 0 Å². The molecule has 0 radical (unpaired) electrons. The lowest BCUT2D eigenvalue weighted by molar-refractivity contribution is 0.0485. The molecule has 0 aliphatic carbocycles. The largest absolute Gasteiger partial charge is 0.390 e. The maximum atomic E-state index is 10.3. The standard InChI is InChI=1S/C15H24O/c1-3-4-5-9-12-15(2,16)13-14-10-7-6-8-11-14/h6-8,10-11,16H,3-5,9,12-13H2,1-2H3. The molecule has 1 rings (SSSR count). The highest BCUT2D eigenvalue weighted by molar-refractivity contribution is 5.16. The summed E-state index contributed by atoms with van der Waals surface area (Å²) in [6, 6.07) is 10.2. The molecule has 0 spiro atoms. The van der Waals surface area contributed by atoms with E-state index in [-0.39, 0.29) is 0 Å². The van der Waals surface area contributed by atoms with Crippen LogP contribution in [-0.4, -0.2) is 10.7 Å². The van der Waals surface area contributed by atoms with Gasteiger partial charge in [-0.1, -0.05) is 62.9 Å². The third-order valence-electron chi connectivity index (χ3n) is 3.00. The number of benzene rings is 1. The fraction of sp³-hybridized carbons (Fsp3) is 0.600. The predicted molar refractivity (Wildman–Crippen MR) is 69.5 cm³/mol. The van der Waals surface area contributed by atoms with Crippen LogP contribution in [0.5, 0.6) is 0 Å². The van der Waals surface area contributed by atoms with Gasteiger partial charge >= 0.3 is 0 Å². The summed E-state index contributed by atoms with van der Waals surface area (Å²) in [5.74, 6) is 0. The molecule has 1 aromatic rings.